The van der Waals surface area contributed by atoms with Gasteiger partial charge >= 0.3 is 0 Å². The van der Waals surface area contributed by atoms with Gasteiger partial charge in [0, 0.05) is 5.38 Å². The predicted molar refractivity (Wildman–Crippen MR) is 70.7 cm³/mol. The van der Waals surface area contributed by atoms with E-state index in [1.165, 1.54) is 18.3 Å². The maximum absolute atomic E-state index is 13.2. The highest BCUT2D eigenvalue weighted by Crippen LogP contribution is 2.24. The van der Waals surface area contributed by atoms with E-state index in [4.69, 9.17) is 5.73 Å². The molecule has 2 rings (SSSR count). The highest BCUT2D eigenvalue weighted by Gasteiger charge is 2.19. The molecule has 96 valence electrons. The van der Waals surface area contributed by atoms with Crippen LogP contribution < -0.4 is 10.5 Å². The highest BCUT2D eigenvalue weighted by molar-refractivity contribution is 7.92. The van der Waals surface area contributed by atoms with Crippen LogP contribution in [0.1, 0.15) is 5.56 Å². The van der Waals surface area contributed by atoms with E-state index in [9.17, 15) is 12.8 Å². The topological polar surface area (TPSA) is 72.2 Å². The quantitative estimate of drug-likeness (QED) is 0.852. The van der Waals surface area contributed by atoms with Crippen LogP contribution in [-0.2, 0) is 10.0 Å². The molecule has 0 bridgehead atoms. The van der Waals surface area contributed by atoms with Crippen molar-refractivity contribution in [1.29, 1.82) is 0 Å². The first kappa shape index (κ1) is 12.8. The first-order valence-electron chi connectivity index (χ1n) is 5.01. The minimum absolute atomic E-state index is 0.0207. The lowest BCUT2D eigenvalue weighted by molar-refractivity contribution is 0.599. The van der Waals surface area contributed by atoms with Gasteiger partial charge in [0.2, 0.25) is 0 Å². The Kier molecular flexibility index (Phi) is 3.27. The minimum atomic E-state index is -3.74. The number of nitrogens with one attached hydrogen (secondary N) is 1. The van der Waals surface area contributed by atoms with Gasteiger partial charge in [-0.2, -0.15) is 11.3 Å². The number of thiophene rings is 1. The van der Waals surface area contributed by atoms with Crippen LogP contribution in [0.3, 0.4) is 0 Å². The van der Waals surface area contributed by atoms with Crippen molar-refractivity contribution in [2.24, 2.45) is 0 Å². The van der Waals surface area contributed by atoms with Crippen molar-refractivity contribution in [2.75, 3.05) is 10.5 Å². The van der Waals surface area contributed by atoms with Crippen molar-refractivity contribution in [2.45, 2.75) is 11.8 Å². The molecule has 7 heteroatoms. The number of hydrogen-bond acceptors (Lipinski definition) is 4. The van der Waals surface area contributed by atoms with Crippen LogP contribution in [0.5, 0.6) is 0 Å². The smallest absolute Gasteiger partial charge is 0.262 e. The molecule has 0 amide bonds. The van der Waals surface area contributed by atoms with Crippen LogP contribution in [0, 0.1) is 12.7 Å². The van der Waals surface area contributed by atoms with E-state index < -0.39 is 15.8 Å². The molecule has 1 aromatic carbocycles. The van der Waals surface area contributed by atoms with Crippen LogP contribution in [0.2, 0.25) is 0 Å². The number of anilines is 2. The molecule has 0 radical (unpaired) electrons. The normalized spacial score (nSPS) is 11.4. The lowest BCUT2D eigenvalue weighted by Gasteiger charge is -2.10. The average Bonchev–Trinajstić information content (AvgIpc) is 2.75. The summed E-state index contributed by atoms with van der Waals surface area (Å²) in [5.41, 5.74) is 5.99. The number of rotatable bonds is 3. The van der Waals surface area contributed by atoms with Gasteiger partial charge in [-0.1, -0.05) is 0 Å². The lowest BCUT2D eigenvalue weighted by Crippen LogP contribution is -2.14. The van der Waals surface area contributed by atoms with Crippen molar-refractivity contribution < 1.29 is 12.8 Å². The molecular formula is C11H11FN2O2S2. The number of hydrogen-bond donors (Lipinski definition) is 2. The van der Waals surface area contributed by atoms with E-state index in [-0.39, 0.29) is 10.6 Å². The molecule has 18 heavy (non-hydrogen) atoms. The summed E-state index contributed by atoms with van der Waals surface area (Å²) in [6.45, 7) is 1.52. The molecule has 0 aliphatic rings. The summed E-state index contributed by atoms with van der Waals surface area (Å²) in [6, 6.07) is 3.88. The summed E-state index contributed by atoms with van der Waals surface area (Å²) in [5.74, 6) is -0.623. The third kappa shape index (κ3) is 2.46. The Morgan fingerprint density at radius 1 is 1.39 bits per heavy atom. The van der Waals surface area contributed by atoms with Crippen LogP contribution in [0.15, 0.2) is 33.9 Å². The van der Waals surface area contributed by atoms with Crippen LogP contribution in [0.4, 0.5) is 15.8 Å². The predicted octanol–water partition coefficient (Wildman–Crippen LogP) is 2.58. The van der Waals surface area contributed by atoms with Gasteiger partial charge in [-0.15, -0.1) is 0 Å². The fourth-order valence-corrected chi connectivity index (χ4v) is 3.47. The summed E-state index contributed by atoms with van der Waals surface area (Å²) in [6.07, 6.45) is 0. The Bertz CT molecular complexity index is 667. The standard InChI is InChI=1S/C11H11FN2O2S2/c1-7-4-9(12)10(13)5-11(7)18(15,16)14-8-2-3-17-6-8/h2-6,14H,13H2,1H3. The molecule has 0 saturated carbocycles. The molecule has 4 nitrogen and oxygen atoms in total. The maximum Gasteiger partial charge on any atom is 0.262 e. The Labute approximate surface area is 108 Å². The molecule has 0 spiro atoms. The molecule has 0 fully saturated rings. The molecule has 1 aromatic heterocycles. The minimum Gasteiger partial charge on any atom is -0.396 e. The molecule has 0 unspecified atom stereocenters. The molecule has 0 atom stereocenters. The monoisotopic (exact) mass is 286 g/mol. The summed E-state index contributed by atoms with van der Waals surface area (Å²) >= 11 is 1.37. The van der Waals surface area contributed by atoms with Crippen molar-refractivity contribution in [3.8, 4) is 0 Å². The van der Waals surface area contributed by atoms with Gasteiger partial charge in [-0.05, 0) is 36.1 Å². The van der Waals surface area contributed by atoms with Gasteiger partial charge in [0.1, 0.15) is 5.82 Å². The zero-order valence-electron chi connectivity index (χ0n) is 9.48. The van der Waals surface area contributed by atoms with Crippen LogP contribution in [-0.4, -0.2) is 8.42 Å². The Morgan fingerprint density at radius 3 is 2.72 bits per heavy atom. The maximum atomic E-state index is 13.2. The van der Waals surface area contributed by atoms with Crippen molar-refractivity contribution in [1.82, 2.24) is 0 Å². The summed E-state index contributed by atoms with van der Waals surface area (Å²) in [7, 11) is -3.74. The summed E-state index contributed by atoms with van der Waals surface area (Å²) in [4.78, 5) is -0.0207. The largest absolute Gasteiger partial charge is 0.396 e. The molecule has 0 aliphatic heterocycles. The molecule has 0 saturated heterocycles. The Balaban J connectivity index is 2.44. The number of nitrogens with two attached hydrogens (primary N) is 1. The number of halogens is 1. The zero-order chi connectivity index (χ0) is 13.3. The third-order valence-corrected chi connectivity index (χ3v) is 4.56. The van der Waals surface area contributed by atoms with E-state index in [1.807, 2.05) is 0 Å². The number of sulfonamides is 1. The highest BCUT2D eigenvalue weighted by atomic mass is 32.2. The van der Waals surface area contributed by atoms with Crippen molar-refractivity contribution in [3.05, 3.63) is 40.3 Å². The van der Waals surface area contributed by atoms with Crippen molar-refractivity contribution in [3.63, 3.8) is 0 Å². The van der Waals surface area contributed by atoms with E-state index in [1.54, 1.807) is 16.8 Å². The van der Waals surface area contributed by atoms with Gasteiger partial charge in [0.15, 0.2) is 0 Å². The third-order valence-electron chi connectivity index (χ3n) is 2.36. The Hall–Kier alpha value is -1.60. The van der Waals surface area contributed by atoms with Crippen molar-refractivity contribution >= 4 is 32.7 Å². The second-order valence-corrected chi connectivity index (χ2v) is 6.19. The summed E-state index contributed by atoms with van der Waals surface area (Å²) < 4.78 is 39.8. The van der Waals surface area contributed by atoms with Crippen LogP contribution in [0.25, 0.3) is 0 Å². The second kappa shape index (κ2) is 4.58. The Morgan fingerprint density at radius 2 is 2.11 bits per heavy atom. The number of nitrogen functional groups attached to an aromatic ring is 1. The average molecular weight is 286 g/mol. The molecule has 2 aromatic rings. The summed E-state index contributed by atoms with van der Waals surface area (Å²) in [5, 5.41) is 3.42. The number of aryl methyl sites for hydroxylation is 1. The van der Waals surface area contributed by atoms with E-state index in [0.717, 1.165) is 12.1 Å². The molecular weight excluding hydrogens is 275 g/mol. The fraction of sp³-hybridized carbons (Fsp3) is 0.0909. The SMILES string of the molecule is Cc1cc(F)c(N)cc1S(=O)(=O)Nc1ccsc1. The lowest BCUT2D eigenvalue weighted by atomic mass is 10.2. The van der Waals surface area contributed by atoms with Gasteiger partial charge < -0.3 is 5.73 Å². The zero-order valence-corrected chi connectivity index (χ0v) is 11.1. The number of benzene rings is 1. The van der Waals surface area contributed by atoms with E-state index in [0.29, 0.717) is 11.3 Å². The second-order valence-electron chi connectivity index (χ2n) is 3.76. The first-order chi connectivity index (χ1) is 8.40. The van der Waals surface area contributed by atoms with Gasteiger partial charge in [0.05, 0.1) is 16.3 Å². The first-order valence-corrected chi connectivity index (χ1v) is 7.43. The molecule has 1 heterocycles. The van der Waals surface area contributed by atoms with E-state index in [2.05, 4.69) is 4.72 Å². The van der Waals surface area contributed by atoms with Gasteiger partial charge in [0.25, 0.3) is 10.0 Å². The molecule has 0 aliphatic carbocycles. The van der Waals surface area contributed by atoms with E-state index >= 15 is 0 Å². The van der Waals surface area contributed by atoms with Gasteiger partial charge in [-0.3, -0.25) is 4.72 Å². The van der Waals surface area contributed by atoms with Crippen LogP contribution >= 0.6 is 11.3 Å². The fourth-order valence-electron chi connectivity index (χ4n) is 1.49. The molecule has 3 N–H and O–H groups in total. The van der Waals surface area contributed by atoms with Gasteiger partial charge in [-0.25, -0.2) is 12.8 Å².